The van der Waals surface area contributed by atoms with E-state index in [1.807, 2.05) is 90.1 Å². The number of hydrogen-bond donors (Lipinski definition) is 0. The number of pyridine rings is 3. The summed E-state index contributed by atoms with van der Waals surface area (Å²) >= 11 is 12.1. The van der Waals surface area contributed by atoms with Crippen LogP contribution in [0.2, 0.25) is 10.0 Å². The summed E-state index contributed by atoms with van der Waals surface area (Å²) in [5.74, 6) is -1.73. The Morgan fingerprint density at radius 1 is 0.371 bits per heavy atom. The maximum atomic E-state index is 14.0. The van der Waals surface area contributed by atoms with Crippen LogP contribution in [-0.4, -0.2) is 177 Å². The van der Waals surface area contributed by atoms with Crippen LogP contribution in [0.4, 0.5) is 25.8 Å². The van der Waals surface area contributed by atoms with Crippen molar-refractivity contribution >= 4 is 109 Å². The molecule has 0 radical (unpaired) electrons. The van der Waals surface area contributed by atoms with Crippen LogP contribution in [-0.2, 0) is 34.3 Å². The standard InChI is InChI=1S/C32H32FN3O5.C31H28Cl2FN3O4.C26H29N3O5/c1-4-41-32(39)28-29(34-15-17-35(18-16-34)30(37)23-8-12-25(40-3)13-9-23)26-19-21(2)5-14-27(26)36(31(28)38)20-22-6-10-24(33)11-7-22;1-3-41-31(40)27-28(35-12-14-36(15-13-35)29(38)21-7-10-24(32)25(33)17-21)23-16-19(2)4-11-26(23)37(30(27)39)18-20-5-8-22(34)9-6-20;1-5-34-26(32)22-23(20-16-17(2)6-11-21(20)27(3)25(22)31)28-12-14-29(15-13-28)24(30)18-7-9-19(33-4)10-8-18/h5-14,19H,4,15-18,20H2,1-3H3;4-11,16-17H,3,12-15,18H2,1-2H3;6-11,16H,5,12-15H2,1-4H3. The van der Waals surface area contributed by atoms with E-state index < -0.39 is 29.0 Å². The van der Waals surface area contributed by atoms with Crippen molar-refractivity contribution in [2.75, 3.05) is 127 Å². The predicted octanol–water partition coefficient (Wildman–Crippen LogP) is 13.6. The Morgan fingerprint density at radius 3 is 1.01 bits per heavy atom. The van der Waals surface area contributed by atoms with E-state index in [2.05, 4.69) is 0 Å². The molecule has 0 unspecified atom stereocenters. The van der Waals surface area contributed by atoms with E-state index in [9.17, 15) is 51.9 Å². The number of fused-ring (bicyclic) bond motifs is 3. The second-order valence-electron chi connectivity index (χ2n) is 28.2. The van der Waals surface area contributed by atoms with Crippen molar-refractivity contribution < 1.29 is 61.2 Å². The Bertz CT molecular complexity index is 5740. The van der Waals surface area contributed by atoms with Gasteiger partial charge in [-0.3, -0.25) is 28.8 Å². The maximum absolute atomic E-state index is 14.0. The van der Waals surface area contributed by atoms with Crippen LogP contribution < -0.4 is 40.9 Å². The van der Waals surface area contributed by atoms with Crippen molar-refractivity contribution in [3.05, 3.63) is 284 Å². The second kappa shape index (κ2) is 36.9. The molecule has 0 saturated carbocycles. The molecule has 3 aromatic heterocycles. The Hall–Kier alpha value is -12.4. The van der Waals surface area contributed by atoms with Gasteiger partial charge >= 0.3 is 17.9 Å². The highest BCUT2D eigenvalue weighted by atomic mass is 35.5. The van der Waals surface area contributed by atoms with Gasteiger partial charge in [0.15, 0.2) is 0 Å². The van der Waals surface area contributed by atoms with Gasteiger partial charge in [0.25, 0.3) is 34.4 Å². The molecule has 0 spiro atoms. The molecule has 0 bridgehead atoms. The Morgan fingerprint density at radius 2 is 0.681 bits per heavy atom. The molecule has 3 saturated heterocycles. The fraction of sp³-hybridized carbons (Fsp3) is 0.292. The van der Waals surface area contributed by atoms with Gasteiger partial charge in [-0.25, -0.2) is 23.2 Å². The van der Waals surface area contributed by atoms with Gasteiger partial charge in [0.2, 0.25) is 0 Å². The monoisotopic (exact) mass is 1620 g/mol. The Labute approximate surface area is 678 Å². The zero-order valence-corrected chi connectivity index (χ0v) is 67.5. The number of ether oxygens (including phenoxy) is 5. The first-order chi connectivity index (χ1) is 55.8. The number of carbonyl (C=O) groups is 6. The molecule has 23 nitrogen and oxygen atoms in total. The molecule has 11 aromatic rings. The first-order valence-electron chi connectivity index (χ1n) is 38.2. The van der Waals surface area contributed by atoms with E-state index in [-0.39, 0.29) is 84.5 Å². The fourth-order valence-corrected chi connectivity index (χ4v) is 15.1. The molecule has 27 heteroatoms. The molecule has 3 fully saturated rings. The molecule has 3 aliphatic heterocycles. The molecule has 0 aliphatic carbocycles. The number of nitrogens with zero attached hydrogens (tertiary/aromatic N) is 9. The highest BCUT2D eigenvalue weighted by Gasteiger charge is 2.35. The molecule has 3 amide bonds. The highest BCUT2D eigenvalue weighted by Crippen LogP contribution is 2.37. The highest BCUT2D eigenvalue weighted by molar-refractivity contribution is 6.42. The number of rotatable bonds is 18. The Balaban J connectivity index is 0.000000161. The van der Waals surface area contributed by atoms with Crippen molar-refractivity contribution in [1.82, 2.24) is 28.4 Å². The third-order valence-corrected chi connectivity index (χ3v) is 21.5. The molecule has 8 aromatic carbocycles. The average molecular weight is 1620 g/mol. The summed E-state index contributed by atoms with van der Waals surface area (Å²) in [5, 5.41) is 2.96. The lowest BCUT2D eigenvalue weighted by Crippen LogP contribution is -2.49. The van der Waals surface area contributed by atoms with Gasteiger partial charge in [0.1, 0.15) is 39.8 Å². The normalized spacial score (nSPS) is 13.5. The van der Waals surface area contributed by atoms with Gasteiger partial charge in [0, 0.05) is 118 Å². The summed E-state index contributed by atoms with van der Waals surface area (Å²) in [6.45, 7) is 16.8. The number of piperazine rings is 3. The molecule has 0 N–H and O–H groups in total. The summed E-state index contributed by atoms with van der Waals surface area (Å²) in [4.78, 5) is 131. The number of anilines is 3. The molecular weight excluding hydrogens is 1530 g/mol. The fourth-order valence-electron chi connectivity index (χ4n) is 14.8. The van der Waals surface area contributed by atoms with Gasteiger partial charge in [0.05, 0.1) is 90.8 Å². The van der Waals surface area contributed by atoms with Crippen LogP contribution >= 0.6 is 23.2 Å². The maximum Gasteiger partial charge on any atom is 0.345 e. The molecular formula is C89H89Cl2F2N9O14. The van der Waals surface area contributed by atoms with E-state index in [0.717, 1.165) is 43.9 Å². The third kappa shape index (κ3) is 18.1. The Kier molecular flexibility index (Phi) is 26.4. The predicted molar refractivity (Wildman–Crippen MR) is 445 cm³/mol. The number of hydrogen-bond acceptors (Lipinski definition) is 17. The van der Waals surface area contributed by atoms with Crippen molar-refractivity contribution in [3.8, 4) is 11.5 Å². The van der Waals surface area contributed by atoms with Gasteiger partial charge in [-0.05, 0) is 180 Å². The number of aromatic nitrogens is 3. The largest absolute Gasteiger partial charge is 0.497 e. The van der Waals surface area contributed by atoms with E-state index in [1.54, 1.807) is 152 Å². The van der Waals surface area contributed by atoms with Gasteiger partial charge in [-0.2, -0.15) is 0 Å². The number of halogens is 4. The van der Waals surface area contributed by atoms with Crippen molar-refractivity contribution in [2.45, 2.75) is 54.6 Å². The van der Waals surface area contributed by atoms with Crippen LogP contribution in [0, 0.1) is 32.4 Å². The van der Waals surface area contributed by atoms with Crippen LogP contribution in [0.3, 0.4) is 0 Å². The van der Waals surface area contributed by atoms with Crippen LogP contribution in [0.15, 0.2) is 184 Å². The molecule has 14 rings (SSSR count). The second-order valence-corrected chi connectivity index (χ2v) is 29.0. The zero-order valence-electron chi connectivity index (χ0n) is 65.9. The molecule has 0 atom stereocenters. The van der Waals surface area contributed by atoms with Gasteiger partial charge in [-0.15, -0.1) is 0 Å². The van der Waals surface area contributed by atoms with Crippen molar-refractivity contribution in [2.24, 2.45) is 7.05 Å². The first-order valence-corrected chi connectivity index (χ1v) is 38.9. The SMILES string of the molecule is CCOC(=O)c1c(N2CCN(C(=O)c3ccc(Cl)c(Cl)c3)CC2)c2cc(C)ccc2n(Cc2ccc(F)cc2)c1=O.CCOC(=O)c1c(N2CCN(C(=O)c3ccc(OC)cc3)CC2)c2cc(C)ccc2n(C)c1=O.CCOC(=O)c1c(N2CCN(C(=O)c3ccc(OC)cc3)CC2)c2cc(C)ccc2n(Cc2ccc(F)cc2)c1=O. The quantitative estimate of drug-likeness (QED) is 0.0573. The summed E-state index contributed by atoms with van der Waals surface area (Å²) in [6.07, 6.45) is 0. The zero-order chi connectivity index (χ0) is 82.8. The van der Waals surface area contributed by atoms with E-state index in [4.69, 9.17) is 46.9 Å². The van der Waals surface area contributed by atoms with Gasteiger partial charge in [-0.1, -0.05) is 82.4 Å². The number of aryl methyl sites for hydroxylation is 4. The van der Waals surface area contributed by atoms with Crippen LogP contribution in [0.25, 0.3) is 32.7 Å². The lowest BCUT2D eigenvalue weighted by atomic mass is 10.0. The summed E-state index contributed by atoms with van der Waals surface area (Å²) in [7, 11) is 4.83. The van der Waals surface area contributed by atoms with Gasteiger partial charge < -0.3 is 66.8 Å². The van der Waals surface area contributed by atoms with Crippen molar-refractivity contribution in [1.29, 1.82) is 0 Å². The molecule has 116 heavy (non-hydrogen) atoms. The number of methoxy groups -OCH3 is 2. The number of carbonyl (C=O) groups excluding carboxylic acids is 6. The summed E-state index contributed by atoms with van der Waals surface area (Å²) in [6, 6.07) is 48.0. The number of amides is 3. The van der Waals surface area contributed by atoms with Crippen LogP contribution in [0.1, 0.15) is 111 Å². The summed E-state index contributed by atoms with van der Waals surface area (Å²) < 4.78 is 58.0. The smallest absolute Gasteiger partial charge is 0.345 e. The van der Waals surface area contributed by atoms with E-state index in [0.29, 0.717) is 150 Å². The minimum atomic E-state index is -0.710. The van der Waals surface area contributed by atoms with Crippen LogP contribution in [0.5, 0.6) is 11.5 Å². The molecule has 6 heterocycles. The van der Waals surface area contributed by atoms with E-state index in [1.165, 1.54) is 33.4 Å². The molecule has 3 aliphatic rings. The minimum Gasteiger partial charge on any atom is -0.497 e. The lowest BCUT2D eigenvalue weighted by Gasteiger charge is -2.37. The first kappa shape index (κ1) is 83.1. The van der Waals surface area contributed by atoms with E-state index >= 15 is 0 Å². The molecule has 602 valence electrons. The number of esters is 3. The summed E-state index contributed by atoms with van der Waals surface area (Å²) in [5.41, 5.74) is 8.19. The topological polar surface area (TPSA) is 234 Å². The average Bonchev–Trinajstić information content (AvgIpc) is 0.753. The number of benzene rings is 8. The van der Waals surface area contributed by atoms with Crippen molar-refractivity contribution in [3.63, 3.8) is 0 Å². The minimum absolute atomic E-state index is 0.0392. The third-order valence-electron chi connectivity index (χ3n) is 20.7. The lowest BCUT2D eigenvalue weighted by molar-refractivity contribution is 0.0514.